The molecule has 0 unspecified atom stereocenters. The Balaban J connectivity index is 1.43. The molecule has 0 radical (unpaired) electrons. The van der Waals surface area contributed by atoms with Crippen LogP contribution < -0.4 is 10.6 Å². The number of carbonyl (C=O) groups is 3. The zero-order chi connectivity index (χ0) is 16.9. The van der Waals surface area contributed by atoms with Crippen molar-refractivity contribution in [3.05, 3.63) is 30.2 Å². The highest BCUT2D eigenvalue weighted by atomic mass is 16.5. The van der Waals surface area contributed by atoms with Crippen LogP contribution in [0.1, 0.15) is 18.5 Å². The van der Waals surface area contributed by atoms with Crippen LogP contribution in [0.4, 0.5) is 4.79 Å². The SMILES string of the molecule is O=C(CCN1CCC(=O)NC1=O)NCc1cc(-c2ccco2)on1. The second kappa shape index (κ2) is 6.99. The summed E-state index contributed by atoms with van der Waals surface area (Å²) in [5, 5.41) is 8.77. The van der Waals surface area contributed by atoms with E-state index in [1.165, 1.54) is 11.2 Å². The van der Waals surface area contributed by atoms with Crippen LogP contribution in [-0.4, -0.2) is 41.0 Å². The van der Waals surface area contributed by atoms with Crippen molar-refractivity contribution in [3.63, 3.8) is 0 Å². The molecule has 4 amide bonds. The van der Waals surface area contributed by atoms with Crippen molar-refractivity contribution in [1.82, 2.24) is 20.7 Å². The van der Waals surface area contributed by atoms with E-state index in [-0.39, 0.29) is 37.7 Å². The van der Waals surface area contributed by atoms with Crippen molar-refractivity contribution < 1.29 is 23.3 Å². The number of hydrogen-bond donors (Lipinski definition) is 2. The predicted molar refractivity (Wildman–Crippen MR) is 80.4 cm³/mol. The quantitative estimate of drug-likeness (QED) is 0.811. The number of aromatic nitrogens is 1. The number of rotatable bonds is 6. The van der Waals surface area contributed by atoms with Gasteiger partial charge in [-0.05, 0) is 12.1 Å². The molecule has 0 aromatic carbocycles. The summed E-state index contributed by atoms with van der Waals surface area (Å²) in [7, 11) is 0. The van der Waals surface area contributed by atoms with Gasteiger partial charge in [0.2, 0.25) is 17.6 Å². The molecule has 1 aliphatic heterocycles. The third-order valence-corrected chi connectivity index (χ3v) is 3.54. The number of urea groups is 1. The summed E-state index contributed by atoms with van der Waals surface area (Å²) in [4.78, 5) is 35.9. The zero-order valence-electron chi connectivity index (χ0n) is 12.8. The lowest BCUT2D eigenvalue weighted by Gasteiger charge is -2.26. The van der Waals surface area contributed by atoms with Gasteiger partial charge in [-0.3, -0.25) is 14.9 Å². The molecular weight excluding hydrogens is 316 g/mol. The van der Waals surface area contributed by atoms with Crippen LogP contribution in [0.3, 0.4) is 0 Å². The van der Waals surface area contributed by atoms with Crippen LogP contribution in [0, 0.1) is 0 Å². The normalized spacial score (nSPS) is 14.6. The van der Waals surface area contributed by atoms with E-state index in [9.17, 15) is 14.4 Å². The lowest BCUT2D eigenvalue weighted by atomic mass is 10.2. The van der Waals surface area contributed by atoms with Crippen LogP contribution >= 0.6 is 0 Å². The molecule has 9 heteroatoms. The molecule has 0 aliphatic carbocycles. The van der Waals surface area contributed by atoms with E-state index in [1.54, 1.807) is 18.2 Å². The number of furan rings is 1. The zero-order valence-corrected chi connectivity index (χ0v) is 12.8. The first-order chi connectivity index (χ1) is 11.6. The molecule has 3 heterocycles. The van der Waals surface area contributed by atoms with Gasteiger partial charge in [0.15, 0.2) is 5.76 Å². The van der Waals surface area contributed by atoms with Gasteiger partial charge in [-0.1, -0.05) is 5.16 Å². The Morgan fingerprint density at radius 1 is 1.38 bits per heavy atom. The van der Waals surface area contributed by atoms with Gasteiger partial charge in [0, 0.05) is 32.0 Å². The Morgan fingerprint density at radius 3 is 3.00 bits per heavy atom. The fourth-order valence-electron chi connectivity index (χ4n) is 2.26. The Kier molecular flexibility index (Phi) is 4.59. The van der Waals surface area contributed by atoms with E-state index >= 15 is 0 Å². The molecule has 24 heavy (non-hydrogen) atoms. The van der Waals surface area contributed by atoms with Gasteiger partial charge in [-0.15, -0.1) is 0 Å². The van der Waals surface area contributed by atoms with E-state index in [0.29, 0.717) is 23.8 Å². The molecule has 1 fully saturated rings. The van der Waals surface area contributed by atoms with E-state index < -0.39 is 6.03 Å². The minimum atomic E-state index is -0.460. The highest BCUT2D eigenvalue weighted by molar-refractivity contribution is 5.96. The molecule has 0 atom stereocenters. The first-order valence-electron chi connectivity index (χ1n) is 7.47. The first kappa shape index (κ1) is 15.8. The molecule has 3 rings (SSSR count). The highest BCUT2D eigenvalue weighted by Crippen LogP contribution is 2.20. The monoisotopic (exact) mass is 332 g/mol. The van der Waals surface area contributed by atoms with Gasteiger partial charge < -0.3 is 19.2 Å². The molecule has 1 aliphatic rings. The molecule has 2 aromatic heterocycles. The van der Waals surface area contributed by atoms with Gasteiger partial charge in [0.05, 0.1) is 12.8 Å². The fourth-order valence-corrected chi connectivity index (χ4v) is 2.26. The maximum absolute atomic E-state index is 11.9. The average molecular weight is 332 g/mol. The first-order valence-corrected chi connectivity index (χ1v) is 7.47. The largest absolute Gasteiger partial charge is 0.461 e. The third-order valence-electron chi connectivity index (χ3n) is 3.54. The molecule has 126 valence electrons. The molecule has 0 spiro atoms. The fraction of sp³-hybridized carbons (Fsp3) is 0.333. The molecule has 2 N–H and O–H groups in total. The molecule has 0 saturated carbocycles. The molecule has 9 nitrogen and oxygen atoms in total. The van der Waals surface area contributed by atoms with Crippen molar-refractivity contribution in [2.24, 2.45) is 0 Å². The van der Waals surface area contributed by atoms with Crippen molar-refractivity contribution in [2.45, 2.75) is 19.4 Å². The van der Waals surface area contributed by atoms with Crippen LogP contribution in [0.5, 0.6) is 0 Å². The van der Waals surface area contributed by atoms with Crippen molar-refractivity contribution in [3.8, 4) is 11.5 Å². The van der Waals surface area contributed by atoms with Gasteiger partial charge in [0.1, 0.15) is 5.69 Å². The lowest BCUT2D eigenvalue weighted by Crippen LogP contribution is -2.50. The summed E-state index contributed by atoms with van der Waals surface area (Å²) in [6, 6.07) is 4.71. The maximum atomic E-state index is 11.9. The summed E-state index contributed by atoms with van der Waals surface area (Å²) in [5.74, 6) is 0.533. The van der Waals surface area contributed by atoms with Gasteiger partial charge in [-0.2, -0.15) is 0 Å². The number of amides is 4. The number of nitrogens with zero attached hydrogens (tertiary/aromatic N) is 2. The van der Waals surface area contributed by atoms with Crippen LogP contribution in [0.25, 0.3) is 11.5 Å². The summed E-state index contributed by atoms with van der Waals surface area (Å²) < 4.78 is 10.3. The molecule has 0 bridgehead atoms. The van der Waals surface area contributed by atoms with Crippen LogP contribution in [0.2, 0.25) is 0 Å². The van der Waals surface area contributed by atoms with E-state index in [0.717, 1.165) is 0 Å². The molecule has 1 saturated heterocycles. The van der Waals surface area contributed by atoms with Crippen LogP contribution in [0.15, 0.2) is 33.4 Å². The summed E-state index contributed by atoms with van der Waals surface area (Å²) >= 11 is 0. The topological polar surface area (TPSA) is 118 Å². The third kappa shape index (κ3) is 3.80. The highest BCUT2D eigenvalue weighted by Gasteiger charge is 2.23. The summed E-state index contributed by atoms with van der Waals surface area (Å²) in [6.07, 6.45) is 1.93. The Bertz CT molecular complexity index is 737. The smallest absolute Gasteiger partial charge is 0.324 e. The minimum absolute atomic E-state index is 0.143. The number of carbonyl (C=O) groups excluding carboxylic acids is 3. The van der Waals surface area contributed by atoms with Crippen LogP contribution in [-0.2, 0) is 16.1 Å². The Morgan fingerprint density at radius 2 is 2.25 bits per heavy atom. The van der Waals surface area contributed by atoms with Gasteiger partial charge >= 0.3 is 6.03 Å². The van der Waals surface area contributed by atoms with Crippen molar-refractivity contribution >= 4 is 17.8 Å². The number of nitrogens with one attached hydrogen (secondary N) is 2. The Hall–Kier alpha value is -3.10. The summed E-state index contributed by atoms with van der Waals surface area (Å²) in [5.41, 5.74) is 0.566. The average Bonchev–Trinajstić information content (AvgIpc) is 3.23. The maximum Gasteiger partial charge on any atom is 0.324 e. The second-order valence-corrected chi connectivity index (χ2v) is 5.28. The van der Waals surface area contributed by atoms with E-state index in [2.05, 4.69) is 15.8 Å². The van der Waals surface area contributed by atoms with E-state index in [1.807, 2.05) is 0 Å². The van der Waals surface area contributed by atoms with E-state index in [4.69, 9.17) is 8.94 Å². The molecule has 2 aromatic rings. The van der Waals surface area contributed by atoms with Gasteiger partial charge in [-0.25, -0.2) is 4.79 Å². The number of hydrogen-bond acceptors (Lipinski definition) is 6. The minimum Gasteiger partial charge on any atom is -0.461 e. The summed E-state index contributed by atoms with van der Waals surface area (Å²) in [6.45, 7) is 0.795. The standard InChI is InChI=1S/C15H16N4O5/c20-13(3-5-19-6-4-14(21)17-15(19)22)16-9-10-8-12(24-18-10)11-2-1-7-23-11/h1-2,7-8H,3-6,9H2,(H,16,20)(H,17,21,22). The van der Waals surface area contributed by atoms with Gasteiger partial charge in [0.25, 0.3) is 0 Å². The second-order valence-electron chi connectivity index (χ2n) is 5.28. The van der Waals surface area contributed by atoms with Crippen molar-refractivity contribution in [1.29, 1.82) is 0 Å². The predicted octanol–water partition coefficient (Wildman–Crippen LogP) is 0.883. The Labute approximate surface area is 137 Å². The number of imide groups is 1. The lowest BCUT2D eigenvalue weighted by molar-refractivity contribution is -0.121. The van der Waals surface area contributed by atoms with Crippen molar-refractivity contribution in [2.75, 3.05) is 13.1 Å². The molecular formula is C15H16N4O5.